The Balaban J connectivity index is 0.871. The lowest BCUT2D eigenvalue weighted by Gasteiger charge is -2.28. The summed E-state index contributed by atoms with van der Waals surface area (Å²) in [5, 5.41) is 0. The monoisotopic (exact) mass is 1140 g/mol. The predicted octanol–water partition coefficient (Wildman–Crippen LogP) is 22.2. The molecule has 16 aliphatic carbocycles. The highest BCUT2D eigenvalue weighted by atomic mass is 14.8. The highest BCUT2D eigenvalue weighted by molar-refractivity contribution is 6.04. The van der Waals surface area contributed by atoms with Crippen molar-refractivity contribution in [2.45, 2.75) is 249 Å². The lowest BCUT2D eigenvalue weighted by Crippen LogP contribution is -2.10. The molecule has 24 bridgehead atoms. The number of hydrogen-bond donors (Lipinski definition) is 2. The van der Waals surface area contributed by atoms with Crippen molar-refractivity contribution < 1.29 is 0 Å². The maximum atomic E-state index is 6.38. The molecule has 0 unspecified atom stereocenters. The summed E-state index contributed by atoms with van der Waals surface area (Å²) >= 11 is 0. The molecule has 0 radical (unpaired) electrons. The van der Waals surface area contributed by atoms with Gasteiger partial charge in [-0.25, -0.2) is 9.97 Å². The van der Waals surface area contributed by atoms with Crippen LogP contribution in [0.5, 0.6) is 0 Å². The highest BCUT2D eigenvalue weighted by Crippen LogP contribution is 2.69. The van der Waals surface area contributed by atoms with Gasteiger partial charge in [-0.3, -0.25) is 0 Å². The lowest BCUT2D eigenvalue weighted by molar-refractivity contribution is 0.692. The van der Waals surface area contributed by atoms with Gasteiger partial charge in [-0.1, -0.05) is 24.3 Å². The van der Waals surface area contributed by atoms with Crippen molar-refractivity contribution in [2.75, 3.05) is 0 Å². The third-order valence-electron chi connectivity index (χ3n) is 29.9. The average Bonchev–Trinajstić information content (AvgIpc) is 1.58. The smallest absolute Gasteiger partial charge is 0.0738 e. The van der Waals surface area contributed by atoms with Crippen LogP contribution in [0.1, 0.15) is 361 Å². The molecule has 3 aromatic heterocycles. The lowest BCUT2D eigenvalue weighted by atomic mass is 9.76. The molecular formula is C84H78N4. The quantitative estimate of drug-likeness (QED) is 0.184. The standard InChI is InChI=1S/C84H78N4/c1-9-45-25-37(1)53-33-54-38-2-10-46(26-38)70(54)81(69(45)53)77-61-17-19-63(85-61)78(82-71-47-11-3-39(27-47)55(71)34-56-40-4-12-48(28-40)72(56)82)65-21-23-67(87-65)80(84-75-51-15-7-43(31-51)59(75)36-60-44-8-16-52(32-44)76(60)84)68-24-22-66(88-68)79(64-20-18-62(77)86-64)83-73-49-13-5-41(29-49)57(73)35-58-42-6-14-50(30-42)74(58)83/h17-24,33-52,85-86H,1-16,25-32H2/t37-,38-,39-,40-,41-,42-,43-,44-,45+,46+,47+,48+,49+,50+,51+,52+/m0/s1. The molecule has 2 aliphatic heterocycles. The van der Waals surface area contributed by atoms with Crippen molar-refractivity contribution in [1.29, 1.82) is 0 Å². The molecule has 0 amide bonds. The fourth-order valence-corrected chi connectivity index (χ4v) is 26.8. The summed E-state index contributed by atoms with van der Waals surface area (Å²) < 4.78 is 0. The maximum absolute atomic E-state index is 6.38. The van der Waals surface area contributed by atoms with Crippen molar-refractivity contribution >= 4 is 46.4 Å². The van der Waals surface area contributed by atoms with E-state index >= 15 is 0 Å². The van der Waals surface area contributed by atoms with E-state index < -0.39 is 0 Å². The Hall–Kier alpha value is -6.52. The predicted molar refractivity (Wildman–Crippen MR) is 355 cm³/mol. The second-order valence-corrected chi connectivity index (χ2v) is 33.2. The number of nitrogens with one attached hydrogen (secondary N) is 2. The number of fused-ring (bicyclic) bond motifs is 48. The van der Waals surface area contributed by atoms with Crippen LogP contribution in [0.3, 0.4) is 0 Å². The number of hydrogen-bond acceptors (Lipinski definition) is 2. The Morgan fingerprint density at radius 2 is 0.409 bits per heavy atom. The van der Waals surface area contributed by atoms with E-state index in [1.54, 1.807) is 111 Å². The SMILES string of the molecule is C1=Cc2nc1c(-c1c3c(cc4c1[C@@H]1CC[C@H]4C1)[C@H]1CC[C@@H]3C1)c1nc(c(-c3c4c(cc5c3[C@@H]3CC[C@H]5C3)[C@H]3CC[C@@H]4C3)c3ccc([nH]3)c(-c3c4c(cc5c3[C@@H]3CC[C@H]5C3)[C@H]3CC[C@@H]4C3)c3ccc([nH]3)c2-c2c3c(cc4c2[C@@H]2CC[C@H]4C2)[C@H]2CC[C@@H]3C2)C=C1. The summed E-state index contributed by atoms with van der Waals surface area (Å²) in [7, 11) is 0. The highest BCUT2D eigenvalue weighted by Gasteiger charge is 2.52. The molecule has 4 nitrogen and oxygen atoms in total. The van der Waals surface area contributed by atoms with E-state index in [0.29, 0.717) is 94.7 Å². The molecule has 5 heterocycles. The van der Waals surface area contributed by atoms with Crippen LogP contribution < -0.4 is 0 Å². The Bertz CT molecular complexity index is 4420. The molecular weight excluding hydrogens is 1060 g/mol. The fraction of sp³-hybridized carbons (Fsp3) is 0.476. The van der Waals surface area contributed by atoms with Crippen LogP contribution in [0.2, 0.25) is 0 Å². The van der Waals surface area contributed by atoms with Crippen molar-refractivity contribution in [3.63, 3.8) is 0 Å². The van der Waals surface area contributed by atoms with Crippen LogP contribution in [0.15, 0.2) is 48.5 Å². The van der Waals surface area contributed by atoms with Gasteiger partial charge in [0.15, 0.2) is 0 Å². The summed E-state index contributed by atoms with van der Waals surface area (Å²) in [4.78, 5) is 21.9. The van der Waals surface area contributed by atoms with Crippen LogP contribution >= 0.6 is 0 Å². The normalized spacial score (nSPS) is 34.5. The van der Waals surface area contributed by atoms with Crippen molar-refractivity contribution in [2.24, 2.45) is 0 Å². The van der Waals surface area contributed by atoms with Crippen LogP contribution in [0, 0.1) is 0 Å². The molecule has 7 aromatic rings. The molecule has 0 spiro atoms. The van der Waals surface area contributed by atoms with E-state index in [1.165, 1.54) is 210 Å². The van der Waals surface area contributed by atoms with Gasteiger partial charge in [0.25, 0.3) is 0 Å². The fourth-order valence-electron chi connectivity index (χ4n) is 26.8. The van der Waals surface area contributed by atoms with Gasteiger partial charge in [-0.15, -0.1) is 0 Å². The molecule has 434 valence electrons. The minimum Gasteiger partial charge on any atom is -0.354 e. The molecule has 4 aromatic carbocycles. The van der Waals surface area contributed by atoms with Gasteiger partial charge < -0.3 is 9.97 Å². The van der Waals surface area contributed by atoms with E-state index in [9.17, 15) is 0 Å². The van der Waals surface area contributed by atoms with E-state index in [1.807, 2.05) is 0 Å². The molecule has 0 saturated heterocycles. The van der Waals surface area contributed by atoms with Crippen molar-refractivity contribution in [1.82, 2.24) is 19.9 Å². The largest absolute Gasteiger partial charge is 0.354 e. The molecule has 88 heavy (non-hydrogen) atoms. The minimum atomic E-state index is 0.624. The summed E-state index contributed by atoms with van der Waals surface area (Å²) in [6, 6.07) is 21.5. The zero-order valence-corrected chi connectivity index (χ0v) is 51.0. The van der Waals surface area contributed by atoms with Gasteiger partial charge >= 0.3 is 0 Å². The summed E-state index contributed by atoms with van der Waals surface area (Å²) in [6.45, 7) is 0. The molecule has 8 saturated carbocycles. The maximum Gasteiger partial charge on any atom is 0.0738 e. The number of aromatic amines is 2. The Labute approximate surface area is 517 Å². The van der Waals surface area contributed by atoms with E-state index in [-0.39, 0.29) is 0 Å². The first-order valence-corrected chi connectivity index (χ1v) is 36.5. The van der Waals surface area contributed by atoms with Crippen molar-refractivity contribution in [3.8, 4) is 44.5 Å². The van der Waals surface area contributed by atoms with Crippen LogP contribution in [-0.2, 0) is 0 Å². The third kappa shape index (κ3) is 5.68. The van der Waals surface area contributed by atoms with Gasteiger partial charge in [0.1, 0.15) is 0 Å². The van der Waals surface area contributed by atoms with E-state index in [0.717, 1.165) is 11.4 Å². The zero-order chi connectivity index (χ0) is 56.0. The molecule has 8 fully saturated rings. The van der Waals surface area contributed by atoms with E-state index in [4.69, 9.17) is 9.97 Å². The zero-order valence-electron chi connectivity index (χ0n) is 51.0. The van der Waals surface area contributed by atoms with Gasteiger partial charge in [-0.05, 0) is 409 Å². The Morgan fingerprint density at radius 3 is 0.659 bits per heavy atom. The third-order valence-corrected chi connectivity index (χ3v) is 29.9. The van der Waals surface area contributed by atoms with Crippen LogP contribution in [-0.4, -0.2) is 19.9 Å². The number of benzene rings is 4. The van der Waals surface area contributed by atoms with Gasteiger partial charge in [0.05, 0.1) is 22.8 Å². The van der Waals surface area contributed by atoms with Gasteiger partial charge in [-0.2, -0.15) is 0 Å². The first kappa shape index (κ1) is 47.4. The summed E-state index contributed by atoms with van der Waals surface area (Å²) in [5.74, 6) is 10.6. The Kier molecular flexibility index (Phi) is 8.70. The number of rotatable bonds is 4. The minimum absolute atomic E-state index is 0.624. The Morgan fingerprint density at radius 1 is 0.216 bits per heavy atom. The molecule has 4 heteroatoms. The molecule has 18 aliphatic rings. The van der Waals surface area contributed by atoms with Crippen LogP contribution in [0.4, 0.5) is 0 Å². The molecule has 16 atom stereocenters. The number of nitrogens with zero attached hydrogens (tertiary/aromatic N) is 2. The van der Waals surface area contributed by atoms with E-state index in [2.05, 4.69) is 82.8 Å². The number of aromatic nitrogens is 4. The first-order chi connectivity index (χ1) is 43.5. The first-order valence-electron chi connectivity index (χ1n) is 36.5. The van der Waals surface area contributed by atoms with Crippen LogP contribution in [0.25, 0.3) is 90.9 Å². The molecule has 2 N–H and O–H groups in total. The molecule has 25 rings (SSSR count). The van der Waals surface area contributed by atoms with Gasteiger partial charge in [0.2, 0.25) is 0 Å². The number of H-pyrrole nitrogens is 2. The average molecular weight is 1140 g/mol. The second kappa shape index (κ2) is 16.1. The topological polar surface area (TPSA) is 57.4 Å². The van der Waals surface area contributed by atoms with Crippen molar-refractivity contribution in [3.05, 3.63) is 160 Å². The van der Waals surface area contributed by atoms with Gasteiger partial charge in [0, 0.05) is 44.3 Å². The summed E-state index contributed by atoms with van der Waals surface area (Å²) in [6.07, 6.45) is 42.3. The summed E-state index contributed by atoms with van der Waals surface area (Å²) in [5.41, 5.74) is 49.4. The second-order valence-electron chi connectivity index (χ2n) is 33.2.